The third-order valence-electron chi connectivity index (χ3n) is 5.52. The number of amides is 1. The van der Waals surface area contributed by atoms with Gasteiger partial charge in [0, 0.05) is 24.6 Å². The SMILES string of the molecule is CCOCN(C(=O)C(Cl)C(CC=O)c1cccc2ccccc12)c1ccccc1CC. The van der Waals surface area contributed by atoms with Gasteiger partial charge in [-0.25, -0.2) is 0 Å². The van der Waals surface area contributed by atoms with E-state index in [0.29, 0.717) is 6.61 Å². The van der Waals surface area contributed by atoms with Crippen molar-refractivity contribution >= 4 is 40.3 Å². The summed E-state index contributed by atoms with van der Waals surface area (Å²) in [4.78, 5) is 26.8. The Balaban J connectivity index is 2.01. The van der Waals surface area contributed by atoms with Crippen molar-refractivity contribution in [3.8, 4) is 0 Å². The molecule has 31 heavy (non-hydrogen) atoms. The Bertz CT molecular complexity index is 1030. The Morgan fingerprint density at radius 1 is 1.03 bits per heavy atom. The fourth-order valence-electron chi connectivity index (χ4n) is 3.91. The van der Waals surface area contributed by atoms with Gasteiger partial charge in [-0.15, -0.1) is 11.6 Å². The molecular weight excluding hydrogens is 410 g/mol. The first-order chi connectivity index (χ1) is 15.1. The first-order valence-corrected chi connectivity index (χ1v) is 11.1. The van der Waals surface area contributed by atoms with Crippen LogP contribution in [0.2, 0.25) is 0 Å². The van der Waals surface area contributed by atoms with Crippen molar-refractivity contribution in [1.29, 1.82) is 0 Å². The predicted octanol–water partition coefficient (Wildman–Crippen LogP) is 5.71. The van der Waals surface area contributed by atoms with Crippen LogP contribution in [-0.2, 0) is 20.7 Å². The molecule has 0 heterocycles. The normalized spacial score (nSPS) is 13.0. The van der Waals surface area contributed by atoms with E-state index in [-0.39, 0.29) is 19.1 Å². The molecule has 2 unspecified atom stereocenters. The first-order valence-electron chi connectivity index (χ1n) is 10.6. The fraction of sp³-hybridized carbons (Fsp3) is 0.308. The summed E-state index contributed by atoms with van der Waals surface area (Å²) >= 11 is 6.82. The lowest BCUT2D eigenvalue weighted by atomic mass is 9.88. The van der Waals surface area contributed by atoms with E-state index in [2.05, 4.69) is 0 Å². The van der Waals surface area contributed by atoms with E-state index < -0.39 is 11.3 Å². The number of nitrogens with zero attached hydrogens (tertiary/aromatic N) is 1. The average molecular weight is 438 g/mol. The number of rotatable bonds is 10. The standard InChI is InChI=1S/C26H28ClNO3/c1-3-19-10-6-8-15-24(19)28(18-31-4-2)26(30)25(27)23(16-17-29)22-14-9-12-20-11-5-7-13-21(20)22/h5-15,17,23,25H,3-4,16,18H2,1-2H3. The minimum absolute atomic E-state index is 0.110. The van der Waals surface area contributed by atoms with Gasteiger partial charge in [0.05, 0.1) is 0 Å². The van der Waals surface area contributed by atoms with Crippen LogP contribution in [0.1, 0.15) is 37.3 Å². The second-order valence-electron chi connectivity index (χ2n) is 7.35. The maximum absolute atomic E-state index is 13.6. The molecule has 0 radical (unpaired) electrons. The second kappa shape index (κ2) is 11.1. The summed E-state index contributed by atoms with van der Waals surface area (Å²) in [6.07, 6.45) is 1.77. The molecular formula is C26H28ClNO3. The molecule has 0 aliphatic heterocycles. The molecule has 2 atom stereocenters. The van der Waals surface area contributed by atoms with Crippen molar-refractivity contribution in [2.75, 3.05) is 18.2 Å². The molecule has 3 rings (SSSR count). The first kappa shape index (κ1) is 23.0. The van der Waals surface area contributed by atoms with E-state index in [1.165, 1.54) is 0 Å². The summed E-state index contributed by atoms with van der Waals surface area (Å²) < 4.78 is 5.61. The van der Waals surface area contributed by atoms with Crippen molar-refractivity contribution in [1.82, 2.24) is 0 Å². The van der Waals surface area contributed by atoms with Gasteiger partial charge in [-0.1, -0.05) is 67.6 Å². The Morgan fingerprint density at radius 2 is 1.74 bits per heavy atom. The molecule has 0 fully saturated rings. The quantitative estimate of drug-likeness (QED) is 0.232. The van der Waals surface area contributed by atoms with Gasteiger partial charge >= 0.3 is 0 Å². The molecule has 0 saturated carbocycles. The van der Waals surface area contributed by atoms with Crippen molar-refractivity contribution in [2.24, 2.45) is 0 Å². The van der Waals surface area contributed by atoms with E-state index in [9.17, 15) is 9.59 Å². The van der Waals surface area contributed by atoms with E-state index in [1.54, 1.807) is 4.90 Å². The number of carbonyl (C=O) groups excluding carboxylic acids is 2. The molecule has 0 aliphatic carbocycles. The summed E-state index contributed by atoms with van der Waals surface area (Å²) in [5, 5.41) is 1.14. The number of fused-ring (bicyclic) bond motifs is 1. The Hall–Kier alpha value is -2.69. The minimum atomic E-state index is -0.915. The van der Waals surface area contributed by atoms with Crippen LogP contribution in [0.3, 0.4) is 0 Å². The molecule has 0 aliphatic rings. The molecule has 0 N–H and O–H groups in total. The largest absolute Gasteiger partial charge is 0.361 e. The van der Waals surface area contributed by atoms with Crippen LogP contribution in [-0.4, -0.2) is 30.9 Å². The van der Waals surface area contributed by atoms with Gasteiger partial charge in [-0.05, 0) is 41.3 Å². The number of alkyl halides is 1. The van der Waals surface area contributed by atoms with Crippen LogP contribution >= 0.6 is 11.6 Å². The van der Waals surface area contributed by atoms with Gasteiger partial charge in [-0.2, -0.15) is 0 Å². The van der Waals surface area contributed by atoms with Crippen LogP contribution in [0.5, 0.6) is 0 Å². The lowest BCUT2D eigenvalue weighted by Gasteiger charge is -2.30. The van der Waals surface area contributed by atoms with Crippen molar-refractivity contribution in [3.05, 3.63) is 77.9 Å². The van der Waals surface area contributed by atoms with E-state index in [4.69, 9.17) is 16.3 Å². The van der Waals surface area contributed by atoms with Gasteiger partial charge in [0.1, 0.15) is 18.4 Å². The summed E-state index contributed by atoms with van der Waals surface area (Å²) in [6, 6.07) is 21.6. The molecule has 0 saturated heterocycles. The molecule has 162 valence electrons. The van der Waals surface area contributed by atoms with E-state index >= 15 is 0 Å². The monoisotopic (exact) mass is 437 g/mol. The van der Waals surface area contributed by atoms with E-state index in [1.807, 2.05) is 80.6 Å². The number of aryl methyl sites for hydroxylation is 1. The van der Waals surface area contributed by atoms with Crippen molar-refractivity contribution < 1.29 is 14.3 Å². The highest BCUT2D eigenvalue weighted by molar-refractivity contribution is 6.33. The predicted molar refractivity (Wildman–Crippen MR) is 127 cm³/mol. The molecule has 1 amide bonds. The number of carbonyl (C=O) groups is 2. The zero-order valence-corrected chi connectivity index (χ0v) is 18.7. The third-order valence-corrected chi connectivity index (χ3v) is 6.01. The molecule has 0 bridgehead atoms. The van der Waals surface area contributed by atoms with Crippen LogP contribution in [0.15, 0.2) is 66.7 Å². The summed E-state index contributed by atoms with van der Waals surface area (Å²) in [5.74, 6) is -0.716. The average Bonchev–Trinajstić information content (AvgIpc) is 2.82. The fourth-order valence-corrected chi connectivity index (χ4v) is 4.27. The topological polar surface area (TPSA) is 46.6 Å². The Labute approximate surface area is 188 Å². The zero-order chi connectivity index (χ0) is 22.2. The summed E-state index contributed by atoms with van der Waals surface area (Å²) in [6.45, 7) is 4.52. The molecule has 4 nitrogen and oxygen atoms in total. The molecule has 0 spiro atoms. The number of hydrogen-bond donors (Lipinski definition) is 0. The van der Waals surface area contributed by atoms with Crippen LogP contribution in [0.4, 0.5) is 5.69 Å². The third kappa shape index (κ3) is 5.15. The van der Waals surface area contributed by atoms with Crippen LogP contribution in [0.25, 0.3) is 10.8 Å². The maximum Gasteiger partial charge on any atom is 0.247 e. The number of aldehydes is 1. The maximum atomic E-state index is 13.6. The van der Waals surface area contributed by atoms with Crippen molar-refractivity contribution in [3.63, 3.8) is 0 Å². The van der Waals surface area contributed by atoms with E-state index in [0.717, 1.165) is 40.3 Å². The second-order valence-corrected chi connectivity index (χ2v) is 7.82. The van der Waals surface area contributed by atoms with Gasteiger partial charge in [0.25, 0.3) is 0 Å². The Morgan fingerprint density at radius 3 is 2.48 bits per heavy atom. The molecule has 3 aromatic rings. The number of ether oxygens (including phenoxy) is 1. The van der Waals surface area contributed by atoms with Gasteiger partial charge in [0.15, 0.2) is 0 Å². The van der Waals surface area contributed by atoms with Crippen LogP contribution < -0.4 is 4.90 Å². The highest BCUT2D eigenvalue weighted by Gasteiger charge is 2.33. The van der Waals surface area contributed by atoms with Gasteiger partial charge in [0.2, 0.25) is 5.91 Å². The number of anilines is 1. The number of para-hydroxylation sites is 1. The number of halogens is 1. The highest BCUT2D eigenvalue weighted by atomic mass is 35.5. The van der Waals surface area contributed by atoms with Crippen LogP contribution in [0, 0.1) is 0 Å². The van der Waals surface area contributed by atoms with Gasteiger partial charge < -0.3 is 9.53 Å². The smallest absolute Gasteiger partial charge is 0.247 e. The molecule has 0 aromatic heterocycles. The zero-order valence-electron chi connectivity index (χ0n) is 18.0. The number of hydrogen-bond acceptors (Lipinski definition) is 3. The number of benzene rings is 3. The lowest BCUT2D eigenvalue weighted by molar-refractivity contribution is -0.119. The summed E-state index contributed by atoms with van der Waals surface area (Å²) in [5.41, 5.74) is 2.73. The van der Waals surface area contributed by atoms with Crippen molar-refractivity contribution in [2.45, 2.75) is 38.0 Å². The molecule has 5 heteroatoms. The Kier molecular flexibility index (Phi) is 8.21. The summed E-state index contributed by atoms with van der Waals surface area (Å²) in [7, 11) is 0. The highest BCUT2D eigenvalue weighted by Crippen LogP contribution is 2.34. The lowest BCUT2D eigenvalue weighted by Crippen LogP contribution is -2.41. The van der Waals surface area contributed by atoms with Gasteiger partial charge in [-0.3, -0.25) is 9.69 Å². The minimum Gasteiger partial charge on any atom is -0.361 e. The molecule has 3 aromatic carbocycles.